The standard InChI is InChI=1S/C15H18N6O2/c1-10-17-13(18-23-10)11-4-3-5-20(9-11)15(22)12-8-16-21-7-6-19(2)14(12)21/h6-8,11H,3-5,9H2,1-2H3. The highest BCUT2D eigenvalue weighted by Gasteiger charge is 2.30. The van der Waals surface area contributed by atoms with Crippen LogP contribution in [0.3, 0.4) is 0 Å². The Kier molecular flexibility index (Phi) is 3.17. The quantitative estimate of drug-likeness (QED) is 0.714. The largest absolute Gasteiger partial charge is 0.340 e. The fraction of sp³-hybridized carbons (Fsp3) is 0.467. The zero-order valence-corrected chi connectivity index (χ0v) is 13.1. The Hall–Kier alpha value is -2.64. The Balaban J connectivity index is 1.59. The maximum atomic E-state index is 12.9. The minimum absolute atomic E-state index is 0.00622. The van der Waals surface area contributed by atoms with Gasteiger partial charge < -0.3 is 14.0 Å². The van der Waals surface area contributed by atoms with Crippen LogP contribution in [0, 0.1) is 6.92 Å². The summed E-state index contributed by atoms with van der Waals surface area (Å²) in [6.07, 6.45) is 7.27. The summed E-state index contributed by atoms with van der Waals surface area (Å²) in [6, 6.07) is 0. The molecule has 4 heterocycles. The number of amides is 1. The summed E-state index contributed by atoms with van der Waals surface area (Å²) < 4.78 is 8.69. The molecule has 1 unspecified atom stereocenters. The molecular weight excluding hydrogens is 296 g/mol. The highest BCUT2D eigenvalue weighted by atomic mass is 16.5. The molecule has 3 aromatic heterocycles. The molecule has 1 aliphatic heterocycles. The van der Waals surface area contributed by atoms with Gasteiger partial charge in [0.05, 0.1) is 6.20 Å². The Morgan fingerprint density at radius 3 is 3.04 bits per heavy atom. The zero-order chi connectivity index (χ0) is 16.0. The predicted molar refractivity (Wildman–Crippen MR) is 81.1 cm³/mol. The molecule has 0 radical (unpaired) electrons. The molecule has 4 rings (SSSR count). The lowest BCUT2D eigenvalue weighted by molar-refractivity contribution is 0.0705. The second-order valence-electron chi connectivity index (χ2n) is 6.00. The van der Waals surface area contributed by atoms with Gasteiger partial charge in [0.2, 0.25) is 5.89 Å². The van der Waals surface area contributed by atoms with Crippen molar-refractivity contribution in [1.82, 2.24) is 29.2 Å². The average Bonchev–Trinajstić information content (AvgIpc) is 3.25. The molecule has 0 bridgehead atoms. The van der Waals surface area contributed by atoms with Crippen LogP contribution in [0.5, 0.6) is 0 Å². The molecule has 0 aromatic carbocycles. The summed E-state index contributed by atoms with van der Waals surface area (Å²) in [4.78, 5) is 19.1. The van der Waals surface area contributed by atoms with Crippen molar-refractivity contribution in [2.24, 2.45) is 7.05 Å². The molecule has 0 N–H and O–H groups in total. The van der Waals surface area contributed by atoms with Gasteiger partial charge in [-0.15, -0.1) is 0 Å². The number of rotatable bonds is 2. The highest BCUT2D eigenvalue weighted by Crippen LogP contribution is 2.26. The monoisotopic (exact) mass is 314 g/mol. The van der Waals surface area contributed by atoms with Crippen LogP contribution in [0.4, 0.5) is 0 Å². The van der Waals surface area contributed by atoms with E-state index in [1.165, 1.54) is 0 Å². The molecule has 1 saturated heterocycles. The number of carbonyl (C=O) groups excluding carboxylic acids is 1. The van der Waals surface area contributed by atoms with Crippen LogP contribution in [0.1, 0.15) is 40.8 Å². The van der Waals surface area contributed by atoms with Crippen molar-refractivity contribution in [2.45, 2.75) is 25.7 Å². The van der Waals surface area contributed by atoms with Crippen LogP contribution in [-0.4, -0.2) is 48.2 Å². The highest BCUT2D eigenvalue weighted by molar-refractivity contribution is 5.99. The Morgan fingerprint density at radius 1 is 1.39 bits per heavy atom. The molecule has 23 heavy (non-hydrogen) atoms. The topological polar surface area (TPSA) is 81.5 Å². The van der Waals surface area contributed by atoms with E-state index in [9.17, 15) is 4.79 Å². The third-order valence-corrected chi connectivity index (χ3v) is 4.38. The number of piperidine rings is 1. The normalized spacial score (nSPS) is 18.7. The minimum atomic E-state index is 0.00622. The summed E-state index contributed by atoms with van der Waals surface area (Å²) >= 11 is 0. The van der Waals surface area contributed by atoms with E-state index in [2.05, 4.69) is 15.2 Å². The van der Waals surface area contributed by atoms with Crippen LogP contribution < -0.4 is 0 Å². The Bertz CT molecular complexity index is 860. The molecule has 1 atom stereocenters. The number of fused-ring (bicyclic) bond motifs is 1. The third kappa shape index (κ3) is 2.30. The number of likely N-dealkylation sites (tertiary alicyclic amines) is 1. The first-order valence-electron chi connectivity index (χ1n) is 7.71. The summed E-state index contributed by atoms with van der Waals surface area (Å²) in [5.74, 6) is 1.39. The predicted octanol–water partition coefficient (Wildman–Crippen LogP) is 1.38. The van der Waals surface area contributed by atoms with Gasteiger partial charge in [0.15, 0.2) is 5.82 Å². The van der Waals surface area contributed by atoms with E-state index in [1.54, 1.807) is 17.6 Å². The number of aryl methyl sites for hydroxylation is 2. The van der Waals surface area contributed by atoms with Crippen LogP contribution in [0.15, 0.2) is 23.1 Å². The number of hydrogen-bond acceptors (Lipinski definition) is 5. The fourth-order valence-electron chi connectivity index (χ4n) is 3.22. The summed E-state index contributed by atoms with van der Waals surface area (Å²) in [5, 5.41) is 8.25. The van der Waals surface area contributed by atoms with Gasteiger partial charge in [-0.2, -0.15) is 10.1 Å². The van der Waals surface area contributed by atoms with Crippen molar-refractivity contribution in [3.8, 4) is 0 Å². The van der Waals surface area contributed by atoms with E-state index in [-0.39, 0.29) is 11.8 Å². The summed E-state index contributed by atoms with van der Waals surface area (Å²) in [7, 11) is 1.91. The van der Waals surface area contributed by atoms with Crippen molar-refractivity contribution in [1.29, 1.82) is 0 Å². The fourth-order valence-corrected chi connectivity index (χ4v) is 3.22. The minimum Gasteiger partial charge on any atom is -0.340 e. The zero-order valence-electron chi connectivity index (χ0n) is 13.1. The van der Waals surface area contributed by atoms with Crippen LogP contribution >= 0.6 is 0 Å². The van der Waals surface area contributed by atoms with E-state index in [0.717, 1.165) is 25.0 Å². The first kappa shape index (κ1) is 14.0. The van der Waals surface area contributed by atoms with Crippen molar-refractivity contribution < 1.29 is 9.32 Å². The van der Waals surface area contributed by atoms with Crippen LogP contribution in [-0.2, 0) is 7.05 Å². The molecular formula is C15H18N6O2. The molecule has 0 aliphatic carbocycles. The molecule has 8 nitrogen and oxygen atoms in total. The van der Waals surface area contributed by atoms with Gasteiger partial charge >= 0.3 is 0 Å². The van der Waals surface area contributed by atoms with Gasteiger partial charge in [-0.25, -0.2) is 4.52 Å². The molecule has 8 heteroatoms. The molecule has 0 spiro atoms. The lowest BCUT2D eigenvalue weighted by atomic mass is 9.97. The number of hydrogen-bond donors (Lipinski definition) is 0. The summed E-state index contributed by atoms with van der Waals surface area (Å²) in [5.41, 5.74) is 1.44. The molecule has 3 aromatic rings. The van der Waals surface area contributed by atoms with Crippen molar-refractivity contribution >= 4 is 11.6 Å². The summed E-state index contributed by atoms with van der Waals surface area (Å²) in [6.45, 7) is 3.13. The van der Waals surface area contributed by atoms with E-state index in [1.807, 2.05) is 28.9 Å². The number of imidazole rings is 1. The first-order chi connectivity index (χ1) is 11.1. The van der Waals surface area contributed by atoms with Crippen LogP contribution in [0.2, 0.25) is 0 Å². The molecule has 1 fully saturated rings. The maximum Gasteiger partial charge on any atom is 0.259 e. The first-order valence-corrected chi connectivity index (χ1v) is 7.71. The molecule has 0 saturated carbocycles. The number of aromatic nitrogens is 5. The van der Waals surface area contributed by atoms with E-state index >= 15 is 0 Å². The van der Waals surface area contributed by atoms with Gasteiger partial charge in [-0.05, 0) is 12.8 Å². The van der Waals surface area contributed by atoms with Crippen molar-refractivity contribution in [3.63, 3.8) is 0 Å². The smallest absolute Gasteiger partial charge is 0.259 e. The maximum absolute atomic E-state index is 12.9. The lowest BCUT2D eigenvalue weighted by Crippen LogP contribution is -2.39. The third-order valence-electron chi connectivity index (χ3n) is 4.38. The van der Waals surface area contributed by atoms with Crippen molar-refractivity contribution in [3.05, 3.63) is 35.9 Å². The van der Waals surface area contributed by atoms with Crippen LogP contribution in [0.25, 0.3) is 5.65 Å². The number of carbonyl (C=O) groups is 1. The Labute approximate surface area is 132 Å². The van der Waals surface area contributed by atoms with Gasteiger partial charge in [0.1, 0.15) is 11.2 Å². The molecule has 1 amide bonds. The van der Waals surface area contributed by atoms with E-state index in [0.29, 0.717) is 23.8 Å². The number of nitrogens with zero attached hydrogens (tertiary/aromatic N) is 6. The second-order valence-corrected chi connectivity index (χ2v) is 6.00. The molecule has 1 aliphatic rings. The van der Waals surface area contributed by atoms with Crippen molar-refractivity contribution in [2.75, 3.05) is 13.1 Å². The van der Waals surface area contributed by atoms with Gasteiger partial charge in [0, 0.05) is 45.4 Å². The SMILES string of the molecule is Cc1nc(C2CCCN(C(=O)c3cnn4ccn(C)c34)C2)no1. The van der Waals surface area contributed by atoms with Gasteiger partial charge in [-0.3, -0.25) is 4.79 Å². The van der Waals surface area contributed by atoms with Gasteiger partial charge in [0.25, 0.3) is 5.91 Å². The van der Waals surface area contributed by atoms with Gasteiger partial charge in [-0.1, -0.05) is 5.16 Å². The average molecular weight is 314 g/mol. The second kappa shape index (κ2) is 5.22. The van der Waals surface area contributed by atoms with E-state index in [4.69, 9.17) is 4.52 Å². The molecule has 120 valence electrons. The lowest BCUT2D eigenvalue weighted by Gasteiger charge is -2.31. The van der Waals surface area contributed by atoms with E-state index < -0.39 is 0 Å². The Morgan fingerprint density at radius 2 is 2.26 bits per heavy atom.